The maximum Gasteiger partial charge on any atom is 0.409 e. The van der Waals surface area contributed by atoms with Crippen molar-refractivity contribution >= 4 is 17.7 Å². The number of hydrogen-bond donors (Lipinski definition) is 1. The highest BCUT2D eigenvalue weighted by molar-refractivity contribution is 5.94. The van der Waals surface area contributed by atoms with Crippen molar-refractivity contribution in [2.75, 3.05) is 19.7 Å². The standard InChI is InChI=1S/C16H21N3O5/c1-3-24-16(21)18-8-6-13(7-9-18)17-15(20)12-4-5-14(19(22)23)11(2)10-12/h4-5,10,13H,3,6-9H2,1-2H3,(H,17,20). The quantitative estimate of drug-likeness (QED) is 0.671. The minimum absolute atomic E-state index is 0.00528. The number of piperidine rings is 1. The van der Waals surface area contributed by atoms with Gasteiger partial charge in [-0.25, -0.2) is 4.79 Å². The summed E-state index contributed by atoms with van der Waals surface area (Å²) in [6, 6.07) is 4.28. The highest BCUT2D eigenvalue weighted by Gasteiger charge is 2.25. The molecule has 2 rings (SSSR count). The zero-order chi connectivity index (χ0) is 17.7. The van der Waals surface area contributed by atoms with E-state index in [9.17, 15) is 19.7 Å². The molecule has 0 aliphatic carbocycles. The second-order valence-corrected chi connectivity index (χ2v) is 5.69. The molecule has 0 saturated carbocycles. The SMILES string of the molecule is CCOC(=O)N1CCC(NC(=O)c2ccc([N+](=O)[O-])c(C)c2)CC1. The zero-order valence-corrected chi connectivity index (χ0v) is 13.8. The first-order chi connectivity index (χ1) is 11.4. The van der Waals surface area contributed by atoms with Gasteiger partial charge in [0.25, 0.3) is 11.6 Å². The second-order valence-electron chi connectivity index (χ2n) is 5.69. The van der Waals surface area contributed by atoms with Crippen LogP contribution in [0.15, 0.2) is 18.2 Å². The van der Waals surface area contributed by atoms with Gasteiger partial charge in [-0.15, -0.1) is 0 Å². The lowest BCUT2D eigenvalue weighted by molar-refractivity contribution is -0.385. The molecule has 0 atom stereocenters. The predicted octanol–water partition coefficient (Wildman–Crippen LogP) is 2.25. The van der Waals surface area contributed by atoms with Gasteiger partial charge in [-0.1, -0.05) is 0 Å². The highest BCUT2D eigenvalue weighted by Crippen LogP contribution is 2.19. The Morgan fingerprint density at radius 2 is 2.04 bits per heavy atom. The first-order valence-electron chi connectivity index (χ1n) is 7.90. The molecule has 1 saturated heterocycles. The average molecular weight is 335 g/mol. The summed E-state index contributed by atoms with van der Waals surface area (Å²) in [6.07, 6.45) is 0.973. The summed E-state index contributed by atoms with van der Waals surface area (Å²) in [6.45, 7) is 4.77. The number of nitrogens with one attached hydrogen (secondary N) is 1. The molecule has 0 spiro atoms. The fraction of sp³-hybridized carbons (Fsp3) is 0.500. The molecule has 1 fully saturated rings. The molecule has 1 aromatic carbocycles. The summed E-state index contributed by atoms with van der Waals surface area (Å²) in [7, 11) is 0. The van der Waals surface area contributed by atoms with Gasteiger partial charge in [0.05, 0.1) is 11.5 Å². The third kappa shape index (κ3) is 4.21. The van der Waals surface area contributed by atoms with Gasteiger partial charge in [0, 0.05) is 36.3 Å². The molecule has 24 heavy (non-hydrogen) atoms. The van der Waals surface area contributed by atoms with Crippen molar-refractivity contribution in [2.45, 2.75) is 32.7 Å². The number of carbonyl (C=O) groups excluding carboxylic acids is 2. The number of carbonyl (C=O) groups is 2. The van der Waals surface area contributed by atoms with Gasteiger partial charge in [-0.05, 0) is 38.8 Å². The lowest BCUT2D eigenvalue weighted by atomic mass is 10.0. The first kappa shape index (κ1) is 17.7. The number of hydrogen-bond acceptors (Lipinski definition) is 5. The van der Waals surface area contributed by atoms with Crippen LogP contribution >= 0.6 is 0 Å². The van der Waals surface area contributed by atoms with E-state index in [2.05, 4.69) is 5.32 Å². The fourth-order valence-corrected chi connectivity index (χ4v) is 2.69. The molecule has 8 heteroatoms. The summed E-state index contributed by atoms with van der Waals surface area (Å²) < 4.78 is 4.96. The molecule has 0 bridgehead atoms. The van der Waals surface area contributed by atoms with Gasteiger partial charge in [-0.3, -0.25) is 14.9 Å². The van der Waals surface area contributed by atoms with Crippen molar-refractivity contribution in [3.05, 3.63) is 39.4 Å². The molecule has 0 radical (unpaired) electrons. The Hall–Kier alpha value is -2.64. The fourth-order valence-electron chi connectivity index (χ4n) is 2.69. The van der Waals surface area contributed by atoms with E-state index in [1.807, 2.05) is 0 Å². The van der Waals surface area contributed by atoms with Crippen LogP contribution in [-0.4, -0.2) is 47.6 Å². The van der Waals surface area contributed by atoms with Crippen LogP contribution in [0, 0.1) is 17.0 Å². The number of nitrogens with zero attached hydrogens (tertiary/aromatic N) is 2. The highest BCUT2D eigenvalue weighted by atomic mass is 16.6. The molecule has 8 nitrogen and oxygen atoms in total. The van der Waals surface area contributed by atoms with E-state index in [1.54, 1.807) is 18.7 Å². The third-order valence-electron chi connectivity index (χ3n) is 4.01. The van der Waals surface area contributed by atoms with E-state index >= 15 is 0 Å². The molecule has 1 aromatic rings. The topological polar surface area (TPSA) is 102 Å². The number of aryl methyl sites for hydroxylation is 1. The number of nitro groups is 1. The molecular weight excluding hydrogens is 314 g/mol. The Morgan fingerprint density at radius 3 is 2.58 bits per heavy atom. The second kappa shape index (κ2) is 7.76. The molecule has 0 unspecified atom stereocenters. The van der Waals surface area contributed by atoms with Crippen LogP contribution in [0.3, 0.4) is 0 Å². The summed E-state index contributed by atoms with van der Waals surface area (Å²) in [5, 5.41) is 13.7. The Morgan fingerprint density at radius 1 is 1.38 bits per heavy atom. The van der Waals surface area contributed by atoms with Crippen LogP contribution < -0.4 is 5.32 Å². The summed E-state index contributed by atoms with van der Waals surface area (Å²) in [4.78, 5) is 35.9. The lowest BCUT2D eigenvalue weighted by Crippen LogP contribution is -2.46. The Labute approximate surface area is 139 Å². The Balaban J connectivity index is 1.91. The van der Waals surface area contributed by atoms with Crippen molar-refractivity contribution in [1.29, 1.82) is 0 Å². The van der Waals surface area contributed by atoms with Crippen LogP contribution in [0.2, 0.25) is 0 Å². The third-order valence-corrected chi connectivity index (χ3v) is 4.01. The van der Waals surface area contributed by atoms with Crippen molar-refractivity contribution in [1.82, 2.24) is 10.2 Å². The molecule has 1 heterocycles. The van der Waals surface area contributed by atoms with Crippen LogP contribution in [0.4, 0.5) is 10.5 Å². The zero-order valence-electron chi connectivity index (χ0n) is 13.8. The summed E-state index contributed by atoms with van der Waals surface area (Å²) in [5.74, 6) is -0.261. The number of likely N-dealkylation sites (tertiary alicyclic amines) is 1. The van der Waals surface area contributed by atoms with E-state index in [0.29, 0.717) is 43.7 Å². The van der Waals surface area contributed by atoms with E-state index in [4.69, 9.17) is 4.74 Å². The summed E-state index contributed by atoms with van der Waals surface area (Å²) in [5.41, 5.74) is 0.838. The van der Waals surface area contributed by atoms with Gasteiger partial charge in [0.1, 0.15) is 0 Å². The monoisotopic (exact) mass is 335 g/mol. The smallest absolute Gasteiger partial charge is 0.409 e. The number of ether oxygens (including phenoxy) is 1. The van der Waals surface area contributed by atoms with Crippen LogP contribution in [0.5, 0.6) is 0 Å². The largest absolute Gasteiger partial charge is 0.450 e. The first-order valence-corrected chi connectivity index (χ1v) is 7.90. The maximum atomic E-state index is 12.3. The maximum absolute atomic E-state index is 12.3. The number of rotatable bonds is 4. The van der Waals surface area contributed by atoms with Crippen LogP contribution in [0.1, 0.15) is 35.7 Å². The van der Waals surface area contributed by atoms with Crippen LogP contribution in [0.25, 0.3) is 0 Å². The van der Waals surface area contributed by atoms with Gasteiger partial charge in [0.15, 0.2) is 0 Å². The van der Waals surface area contributed by atoms with Gasteiger partial charge in [0.2, 0.25) is 0 Å². The van der Waals surface area contributed by atoms with Gasteiger partial charge >= 0.3 is 6.09 Å². The normalized spacial score (nSPS) is 15.0. The molecule has 1 aliphatic heterocycles. The molecule has 2 amide bonds. The van der Waals surface area contributed by atoms with Crippen molar-refractivity contribution < 1.29 is 19.2 Å². The van der Waals surface area contributed by atoms with E-state index in [-0.39, 0.29) is 23.7 Å². The number of nitro benzene ring substituents is 1. The van der Waals surface area contributed by atoms with Crippen molar-refractivity contribution in [3.8, 4) is 0 Å². The van der Waals surface area contributed by atoms with Gasteiger partial charge in [-0.2, -0.15) is 0 Å². The summed E-state index contributed by atoms with van der Waals surface area (Å²) >= 11 is 0. The van der Waals surface area contributed by atoms with Crippen LogP contribution in [-0.2, 0) is 4.74 Å². The van der Waals surface area contributed by atoms with E-state index < -0.39 is 4.92 Å². The van der Waals surface area contributed by atoms with Crippen molar-refractivity contribution in [3.63, 3.8) is 0 Å². The molecular formula is C16H21N3O5. The Kier molecular flexibility index (Phi) is 5.73. The van der Waals surface area contributed by atoms with E-state index in [0.717, 1.165) is 0 Å². The number of amides is 2. The minimum Gasteiger partial charge on any atom is -0.450 e. The van der Waals surface area contributed by atoms with Crippen molar-refractivity contribution in [2.24, 2.45) is 0 Å². The minimum atomic E-state index is -0.470. The number of benzene rings is 1. The lowest BCUT2D eigenvalue weighted by Gasteiger charge is -2.31. The molecule has 0 aromatic heterocycles. The average Bonchev–Trinajstić information content (AvgIpc) is 2.55. The molecule has 1 N–H and O–H groups in total. The Bertz CT molecular complexity index is 639. The van der Waals surface area contributed by atoms with E-state index in [1.165, 1.54) is 18.2 Å². The predicted molar refractivity (Wildman–Crippen MR) is 86.9 cm³/mol. The molecule has 1 aliphatic rings. The van der Waals surface area contributed by atoms with Gasteiger partial charge < -0.3 is 15.0 Å². The molecule has 130 valence electrons.